The quantitative estimate of drug-likeness (QED) is 0.102. The number of nitrogens with zero attached hydrogens (tertiary/aromatic N) is 3. The molecule has 2 aromatic heterocycles. The van der Waals surface area contributed by atoms with Crippen LogP contribution < -0.4 is 20.8 Å². The van der Waals surface area contributed by atoms with Gasteiger partial charge in [-0.3, -0.25) is 14.5 Å². The Hall–Kier alpha value is -3.34. The fourth-order valence-corrected chi connectivity index (χ4v) is 7.28. The number of ether oxygens (including phenoxy) is 1. The zero-order chi connectivity index (χ0) is 28.3. The molecule has 13 nitrogen and oxygen atoms in total. The second-order valence-electron chi connectivity index (χ2n) is 8.78. The van der Waals surface area contributed by atoms with Crippen LogP contribution in [0.2, 0.25) is 0 Å². The molecule has 2 aromatic rings. The Morgan fingerprint density at radius 2 is 2.10 bits per heavy atom. The highest BCUT2D eigenvalue weighted by molar-refractivity contribution is 8.01. The van der Waals surface area contributed by atoms with Gasteiger partial charge in [-0.25, -0.2) is 9.59 Å². The molecular weight excluding hydrogens is 568 g/mol. The molecule has 16 heteroatoms. The molecule has 2 aliphatic heterocycles. The molecule has 4 heterocycles. The van der Waals surface area contributed by atoms with Gasteiger partial charge in [0.1, 0.15) is 17.1 Å². The molecule has 1 fully saturated rings. The van der Waals surface area contributed by atoms with E-state index in [0.29, 0.717) is 20.3 Å². The van der Waals surface area contributed by atoms with Crippen LogP contribution in [0.3, 0.4) is 0 Å². The summed E-state index contributed by atoms with van der Waals surface area (Å²) < 4.78 is 5.53. The highest BCUT2D eigenvalue weighted by Crippen LogP contribution is 2.47. The number of urea groups is 1. The van der Waals surface area contributed by atoms with Crippen LogP contribution in [-0.2, 0) is 19.1 Å². The number of carboxylic acids is 1. The second kappa shape index (κ2) is 11.8. The number of β-lactam (4-membered cyclic amide) rings is 1. The van der Waals surface area contributed by atoms with E-state index in [1.54, 1.807) is 37.4 Å². The molecule has 0 aromatic carbocycles. The number of nitrogens with one attached hydrogen (secondary N) is 3. The Bertz CT molecular complexity index is 1300. The first-order valence-electron chi connectivity index (χ1n) is 11.6. The summed E-state index contributed by atoms with van der Waals surface area (Å²) in [5.74, 6) is -2.32. The summed E-state index contributed by atoms with van der Waals surface area (Å²) in [6.45, 7) is 3.55. The Morgan fingerprint density at radius 3 is 2.72 bits per heavy atom. The number of rotatable bonds is 10. The van der Waals surface area contributed by atoms with Gasteiger partial charge >= 0.3 is 12.0 Å². The van der Waals surface area contributed by atoms with Crippen LogP contribution >= 0.6 is 34.9 Å². The maximum absolute atomic E-state index is 13.5. The van der Waals surface area contributed by atoms with Crippen LogP contribution in [0, 0.1) is 5.21 Å². The van der Waals surface area contributed by atoms with Gasteiger partial charge in [-0.15, -0.1) is 23.1 Å². The number of thiophene rings is 1. The molecule has 0 bridgehead atoms. The Labute approximate surface area is 235 Å². The summed E-state index contributed by atoms with van der Waals surface area (Å²) in [4.78, 5) is 53.6. The van der Waals surface area contributed by atoms with E-state index >= 15 is 0 Å². The highest BCUT2D eigenvalue weighted by atomic mass is 32.2. The summed E-state index contributed by atoms with van der Waals surface area (Å²) >= 11 is 3.66. The van der Waals surface area contributed by atoms with E-state index in [0.717, 1.165) is 4.90 Å². The molecule has 0 radical (unpaired) electrons. The Kier molecular flexibility index (Phi) is 8.68. The van der Waals surface area contributed by atoms with Crippen LogP contribution in [-0.4, -0.2) is 74.7 Å². The topological polar surface area (TPSA) is 177 Å². The molecule has 4 N–H and O–H groups in total. The Balaban J connectivity index is 1.55. The van der Waals surface area contributed by atoms with Gasteiger partial charge in [0.2, 0.25) is 6.20 Å². The number of hydrogen-bond donors (Lipinski definition) is 4. The minimum Gasteiger partial charge on any atom is -0.594 e. The van der Waals surface area contributed by atoms with Gasteiger partial charge < -0.3 is 31.0 Å². The number of methoxy groups -OCH3 is 1. The van der Waals surface area contributed by atoms with Gasteiger partial charge in [-0.2, -0.15) is 0 Å². The number of aromatic nitrogens is 2. The summed E-state index contributed by atoms with van der Waals surface area (Å²) in [7, 11) is 1.25. The predicted molar refractivity (Wildman–Crippen MR) is 143 cm³/mol. The molecule has 3 atom stereocenters. The number of fused-ring (bicyclic) bond motifs is 1. The number of carbonyl (C=O) groups is 4. The van der Waals surface area contributed by atoms with Crippen LogP contribution in [0.1, 0.15) is 24.8 Å². The predicted octanol–water partition coefficient (Wildman–Crippen LogP) is 1.03. The van der Waals surface area contributed by atoms with Crippen molar-refractivity contribution in [2.45, 2.75) is 42.1 Å². The smallest absolute Gasteiger partial charge is 0.352 e. The van der Waals surface area contributed by atoms with E-state index in [4.69, 9.17) is 4.74 Å². The third-order valence-corrected chi connectivity index (χ3v) is 9.09. The minimum atomic E-state index is -1.83. The molecule has 0 aliphatic carbocycles. The number of hydrogen-bond acceptors (Lipinski definition) is 10. The van der Waals surface area contributed by atoms with Crippen molar-refractivity contribution >= 4 is 58.7 Å². The van der Waals surface area contributed by atoms with E-state index < -0.39 is 41.0 Å². The van der Waals surface area contributed by atoms with E-state index in [1.165, 1.54) is 54.2 Å². The van der Waals surface area contributed by atoms with Crippen LogP contribution in [0.5, 0.6) is 0 Å². The molecule has 0 saturated carbocycles. The number of thioether (sulfide) groups is 2. The third kappa shape index (κ3) is 5.83. The molecule has 208 valence electrons. The van der Waals surface area contributed by atoms with E-state index in [1.807, 2.05) is 0 Å². The lowest BCUT2D eigenvalue weighted by atomic mass is 9.97. The van der Waals surface area contributed by atoms with Crippen molar-refractivity contribution in [3.05, 3.63) is 57.2 Å². The van der Waals surface area contributed by atoms with Crippen molar-refractivity contribution in [1.29, 1.82) is 0 Å². The fraction of sp³-hybridized carbons (Fsp3) is 0.391. The number of carboxylic acid groups (broad SMARTS) is 1. The summed E-state index contributed by atoms with van der Waals surface area (Å²) in [6.07, 6.45) is 1.24. The zero-order valence-corrected chi connectivity index (χ0v) is 23.5. The highest BCUT2D eigenvalue weighted by Gasteiger charge is 2.67. The first-order chi connectivity index (χ1) is 18.6. The lowest BCUT2D eigenvalue weighted by molar-refractivity contribution is -0.672. The van der Waals surface area contributed by atoms with Gasteiger partial charge in [-0.05, 0) is 36.9 Å². The van der Waals surface area contributed by atoms with Gasteiger partial charge in [0.15, 0.2) is 5.03 Å². The van der Waals surface area contributed by atoms with Crippen LogP contribution in [0.25, 0.3) is 0 Å². The van der Waals surface area contributed by atoms with E-state index in [-0.39, 0.29) is 23.2 Å². The second-order valence-corrected chi connectivity index (χ2v) is 11.8. The molecule has 1 saturated heterocycles. The van der Waals surface area contributed by atoms with Crippen molar-refractivity contribution in [2.75, 3.05) is 18.6 Å². The van der Waals surface area contributed by atoms with Crippen molar-refractivity contribution in [1.82, 2.24) is 25.9 Å². The van der Waals surface area contributed by atoms with Crippen LogP contribution in [0.4, 0.5) is 4.79 Å². The van der Waals surface area contributed by atoms with Gasteiger partial charge in [-0.1, -0.05) is 22.7 Å². The summed E-state index contributed by atoms with van der Waals surface area (Å²) in [5, 5.41) is 34.4. The number of amides is 4. The molecule has 4 rings (SSSR count). The summed E-state index contributed by atoms with van der Waals surface area (Å²) in [5.41, 5.74) is -1.57. The van der Waals surface area contributed by atoms with Gasteiger partial charge in [0.05, 0.1) is 0 Å². The van der Waals surface area contributed by atoms with Crippen molar-refractivity contribution in [3.63, 3.8) is 0 Å². The lowest BCUT2D eigenvalue weighted by Crippen LogP contribution is -2.81. The SMILES string of the molecule is CO[C@]1(NC(=O)C(NC(=O)NC(C)C)c2cccs2)C(=O)N2C(C(=O)O)=C(CSc3ccc[n+]([O-])n3)CSC21. The molecular formula is C23H26N6O7S3. The molecule has 0 spiro atoms. The van der Waals surface area contributed by atoms with Crippen LogP contribution in [0.15, 0.2) is 52.1 Å². The molecule has 2 unspecified atom stereocenters. The average Bonchev–Trinajstić information content (AvgIpc) is 3.42. The first kappa shape index (κ1) is 28.7. The maximum atomic E-state index is 13.5. The molecule has 39 heavy (non-hydrogen) atoms. The molecule has 4 amide bonds. The third-order valence-electron chi connectivity index (χ3n) is 5.77. The van der Waals surface area contributed by atoms with E-state index in [9.17, 15) is 29.5 Å². The van der Waals surface area contributed by atoms with Gasteiger partial charge in [0.25, 0.3) is 17.5 Å². The van der Waals surface area contributed by atoms with Crippen molar-refractivity contribution in [2.24, 2.45) is 0 Å². The monoisotopic (exact) mass is 594 g/mol. The lowest BCUT2D eigenvalue weighted by Gasteiger charge is -2.56. The zero-order valence-electron chi connectivity index (χ0n) is 21.1. The van der Waals surface area contributed by atoms with Crippen molar-refractivity contribution < 1.29 is 33.9 Å². The fourth-order valence-electron chi connectivity index (χ4n) is 4.07. The number of carbonyl (C=O) groups excluding carboxylic acids is 3. The standard InChI is InChI=1S/C23H26N6O7S3/c1-12(2)24-22(34)25-16(14-6-5-9-37-14)18(30)26-23(36-3)20(33)29-17(19(31)32)13(11-39-21(23)29)10-38-15-7-4-8-28(35)27-15/h4-9,12,16,21H,10-11H2,1-3H3,(H,26,30)(H,31,32)(H2,24,25,34)/t16?,21?,23-/m1/s1. The normalized spacial score (nSPS) is 21.2. The Morgan fingerprint density at radius 1 is 1.33 bits per heavy atom. The largest absolute Gasteiger partial charge is 0.594 e. The minimum absolute atomic E-state index is 0.171. The maximum Gasteiger partial charge on any atom is 0.352 e. The summed E-state index contributed by atoms with van der Waals surface area (Å²) in [6, 6.07) is 4.71. The van der Waals surface area contributed by atoms with Crippen molar-refractivity contribution in [3.8, 4) is 0 Å². The van der Waals surface area contributed by atoms with E-state index in [2.05, 4.69) is 21.0 Å². The van der Waals surface area contributed by atoms with Gasteiger partial charge in [0, 0.05) is 40.7 Å². The number of aliphatic carboxylic acids is 1. The molecule has 2 aliphatic rings. The average molecular weight is 595 g/mol. The first-order valence-corrected chi connectivity index (χ1v) is 14.6.